The highest BCUT2D eigenvalue weighted by Gasteiger charge is 2.24. The van der Waals surface area contributed by atoms with E-state index in [9.17, 15) is 14.7 Å². The Balaban J connectivity index is 2.26. The van der Waals surface area contributed by atoms with Crippen LogP contribution in [0.5, 0.6) is 5.75 Å². The summed E-state index contributed by atoms with van der Waals surface area (Å²) in [4.78, 5) is 10.1. The van der Waals surface area contributed by atoms with E-state index in [0.717, 1.165) is 0 Å². The molecule has 1 atom stereocenters. The van der Waals surface area contributed by atoms with E-state index in [0.29, 0.717) is 17.2 Å². The predicted molar refractivity (Wildman–Crippen MR) is 77.9 cm³/mol. The molecule has 0 aliphatic carbocycles. The van der Waals surface area contributed by atoms with Crippen molar-refractivity contribution in [3.63, 3.8) is 0 Å². The monoisotopic (exact) mass is 291 g/mol. The summed E-state index contributed by atoms with van der Waals surface area (Å²) in [5, 5.41) is 11.2. The highest BCUT2D eigenvalue weighted by molar-refractivity contribution is 7.67. The lowest BCUT2D eigenvalue weighted by Gasteiger charge is -2.18. The third-order valence-corrected chi connectivity index (χ3v) is 5.29. The van der Waals surface area contributed by atoms with Gasteiger partial charge in [0, 0.05) is 23.6 Å². The molecule has 0 heterocycles. The van der Waals surface area contributed by atoms with Crippen LogP contribution in [0.1, 0.15) is 6.92 Å². The van der Waals surface area contributed by atoms with Crippen molar-refractivity contribution in [2.45, 2.75) is 6.92 Å². The summed E-state index contributed by atoms with van der Waals surface area (Å²) in [6.07, 6.45) is 0.355. The lowest BCUT2D eigenvalue weighted by molar-refractivity contribution is -0.384. The molecule has 0 N–H and O–H groups in total. The standard InChI is InChI=1S/C14H14NO4P/c1-2-20(18,14-6-4-3-5-7-14)19-13-10-8-12(9-11-13)15(16)17/h3-11H,2H2,1H3. The van der Waals surface area contributed by atoms with E-state index in [1.165, 1.54) is 24.3 Å². The minimum Gasteiger partial charge on any atom is -0.440 e. The Morgan fingerprint density at radius 2 is 1.70 bits per heavy atom. The highest BCUT2D eigenvalue weighted by atomic mass is 31.2. The number of nitro benzene ring substituents is 1. The molecule has 104 valence electrons. The van der Waals surface area contributed by atoms with E-state index in [4.69, 9.17) is 4.52 Å². The summed E-state index contributed by atoms with van der Waals surface area (Å²) >= 11 is 0. The number of nitrogens with zero attached hydrogens (tertiary/aromatic N) is 1. The summed E-state index contributed by atoms with van der Waals surface area (Å²) in [6.45, 7) is 1.79. The minimum absolute atomic E-state index is 0.0246. The fourth-order valence-corrected chi connectivity index (χ4v) is 3.44. The summed E-state index contributed by atoms with van der Waals surface area (Å²) in [5.41, 5.74) is -0.0246. The van der Waals surface area contributed by atoms with Gasteiger partial charge in [-0.15, -0.1) is 0 Å². The van der Waals surface area contributed by atoms with Gasteiger partial charge in [0.1, 0.15) is 5.75 Å². The van der Waals surface area contributed by atoms with Crippen LogP contribution in [-0.2, 0) is 4.57 Å². The van der Waals surface area contributed by atoms with E-state index in [2.05, 4.69) is 0 Å². The molecule has 0 saturated heterocycles. The zero-order valence-corrected chi connectivity index (χ0v) is 11.8. The van der Waals surface area contributed by atoms with E-state index in [1.807, 2.05) is 6.07 Å². The molecule has 2 aromatic rings. The Kier molecular flexibility index (Phi) is 4.20. The van der Waals surface area contributed by atoms with Gasteiger partial charge in [-0.3, -0.25) is 14.7 Å². The first-order valence-corrected chi connectivity index (χ1v) is 7.95. The Bertz CT molecular complexity index is 640. The molecule has 0 amide bonds. The molecule has 1 unspecified atom stereocenters. The van der Waals surface area contributed by atoms with Gasteiger partial charge in [-0.2, -0.15) is 0 Å². The summed E-state index contributed by atoms with van der Waals surface area (Å²) in [7, 11) is -2.98. The minimum atomic E-state index is -2.98. The average molecular weight is 291 g/mol. The number of hydrogen-bond donors (Lipinski definition) is 0. The van der Waals surface area contributed by atoms with Crippen molar-refractivity contribution >= 4 is 18.4 Å². The van der Waals surface area contributed by atoms with Gasteiger partial charge in [0.05, 0.1) is 4.92 Å². The van der Waals surface area contributed by atoms with Crippen LogP contribution < -0.4 is 9.83 Å². The first-order chi connectivity index (χ1) is 9.55. The molecule has 0 bridgehead atoms. The van der Waals surface area contributed by atoms with Crippen molar-refractivity contribution in [2.24, 2.45) is 0 Å². The third-order valence-electron chi connectivity index (χ3n) is 2.87. The molecule has 6 heteroatoms. The molecule has 5 nitrogen and oxygen atoms in total. The van der Waals surface area contributed by atoms with Crippen molar-refractivity contribution in [1.29, 1.82) is 0 Å². The fourth-order valence-electron chi connectivity index (χ4n) is 1.75. The maximum Gasteiger partial charge on any atom is 0.276 e. The zero-order valence-electron chi connectivity index (χ0n) is 10.9. The van der Waals surface area contributed by atoms with Crippen LogP contribution >= 0.6 is 7.37 Å². The Morgan fingerprint density at radius 3 is 2.20 bits per heavy atom. The maximum absolute atomic E-state index is 12.8. The first kappa shape index (κ1) is 14.3. The maximum atomic E-state index is 12.8. The van der Waals surface area contributed by atoms with Crippen LogP contribution in [0, 0.1) is 10.1 Å². The normalized spacial score (nSPS) is 13.4. The van der Waals surface area contributed by atoms with Gasteiger partial charge in [-0.1, -0.05) is 25.1 Å². The average Bonchev–Trinajstić information content (AvgIpc) is 2.48. The van der Waals surface area contributed by atoms with E-state index in [-0.39, 0.29) is 5.69 Å². The number of non-ortho nitro benzene ring substituents is 1. The molecule has 0 fully saturated rings. The van der Waals surface area contributed by atoms with Crippen LogP contribution in [0.25, 0.3) is 0 Å². The lowest BCUT2D eigenvalue weighted by Crippen LogP contribution is -2.11. The second kappa shape index (κ2) is 5.88. The summed E-state index contributed by atoms with van der Waals surface area (Å²) < 4.78 is 18.4. The van der Waals surface area contributed by atoms with Crippen LogP contribution in [0.4, 0.5) is 5.69 Å². The molecular formula is C14H14NO4P. The van der Waals surface area contributed by atoms with Gasteiger partial charge in [-0.05, 0) is 24.3 Å². The Hall–Kier alpha value is -2.13. The zero-order chi connectivity index (χ0) is 14.6. The van der Waals surface area contributed by atoms with Crippen molar-refractivity contribution in [3.8, 4) is 5.75 Å². The Morgan fingerprint density at radius 1 is 1.10 bits per heavy atom. The van der Waals surface area contributed by atoms with Gasteiger partial charge >= 0.3 is 0 Å². The van der Waals surface area contributed by atoms with Crippen LogP contribution in [0.15, 0.2) is 54.6 Å². The number of benzene rings is 2. The molecule has 2 rings (SSSR count). The molecule has 20 heavy (non-hydrogen) atoms. The number of hydrogen-bond acceptors (Lipinski definition) is 4. The SMILES string of the molecule is CCP(=O)(Oc1ccc([N+](=O)[O-])cc1)c1ccccc1. The predicted octanol–water partition coefficient (Wildman–Crippen LogP) is 3.60. The van der Waals surface area contributed by atoms with Crippen LogP contribution in [0.2, 0.25) is 0 Å². The van der Waals surface area contributed by atoms with Gasteiger partial charge in [-0.25, -0.2) is 0 Å². The van der Waals surface area contributed by atoms with Crippen LogP contribution in [-0.4, -0.2) is 11.1 Å². The lowest BCUT2D eigenvalue weighted by atomic mass is 10.3. The topological polar surface area (TPSA) is 69.4 Å². The molecule has 0 spiro atoms. The van der Waals surface area contributed by atoms with Crippen molar-refractivity contribution in [2.75, 3.05) is 6.16 Å². The number of rotatable bonds is 5. The smallest absolute Gasteiger partial charge is 0.276 e. The molecular weight excluding hydrogens is 277 g/mol. The van der Waals surface area contributed by atoms with E-state index < -0.39 is 12.3 Å². The summed E-state index contributed by atoms with van der Waals surface area (Å²) in [6, 6.07) is 14.6. The van der Waals surface area contributed by atoms with E-state index >= 15 is 0 Å². The van der Waals surface area contributed by atoms with Gasteiger partial charge in [0.15, 0.2) is 0 Å². The Labute approximate surface area is 116 Å². The molecule has 0 aliphatic rings. The second-order valence-electron chi connectivity index (χ2n) is 4.17. The quantitative estimate of drug-likeness (QED) is 0.479. The molecule has 2 aromatic carbocycles. The van der Waals surface area contributed by atoms with Crippen LogP contribution in [0.3, 0.4) is 0 Å². The molecule has 0 aromatic heterocycles. The van der Waals surface area contributed by atoms with Crippen molar-refractivity contribution in [1.82, 2.24) is 0 Å². The largest absolute Gasteiger partial charge is 0.440 e. The van der Waals surface area contributed by atoms with Crippen molar-refractivity contribution in [3.05, 3.63) is 64.7 Å². The van der Waals surface area contributed by atoms with Crippen molar-refractivity contribution < 1.29 is 14.0 Å². The van der Waals surface area contributed by atoms with E-state index in [1.54, 1.807) is 31.2 Å². The molecule has 0 radical (unpaired) electrons. The molecule has 0 aliphatic heterocycles. The fraction of sp³-hybridized carbons (Fsp3) is 0.143. The number of nitro groups is 1. The van der Waals surface area contributed by atoms with Gasteiger partial charge in [0.2, 0.25) is 0 Å². The second-order valence-corrected chi connectivity index (χ2v) is 6.85. The first-order valence-electron chi connectivity index (χ1n) is 6.14. The van der Waals surface area contributed by atoms with Gasteiger partial charge < -0.3 is 4.52 Å². The molecule has 0 saturated carbocycles. The third kappa shape index (κ3) is 3.06. The summed E-state index contributed by atoms with van der Waals surface area (Å²) in [5.74, 6) is 0.365. The highest BCUT2D eigenvalue weighted by Crippen LogP contribution is 2.45. The van der Waals surface area contributed by atoms with Gasteiger partial charge in [0.25, 0.3) is 13.1 Å².